The van der Waals surface area contributed by atoms with Gasteiger partial charge in [-0.05, 0) is 31.8 Å². The summed E-state index contributed by atoms with van der Waals surface area (Å²) in [7, 11) is 0. The highest BCUT2D eigenvalue weighted by molar-refractivity contribution is 5.77. The highest BCUT2D eigenvalue weighted by Crippen LogP contribution is 2.07. The minimum Gasteiger partial charge on any atom is -0.394 e. The summed E-state index contributed by atoms with van der Waals surface area (Å²) in [5.74, 6) is 0.0825. The van der Waals surface area contributed by atoms with Gasteiger partial charge in [0.2, 0.25) is 5.91 Å². The molecule has 1 saturated heterocycles. The van der Waals surface area contributed by atoms with E-state index in [0.717, 1.165) is 25.9 Å². The molecule has 17 heavy (non-hydrogen) atoms. The van der Waals surface area contributed by atoms with Crippen LogP contribution in [-0.2, 0) is 9.53 Å². The zero-order valence-corrected chi connectivity index (χ0v) is 10.7. The monoisotopic (exact) mass is 244 g/mol. The normalized spacial score (nSPS) is 19.3. The van der Waals surface area contributed by atoms with E-state index in [9.17, 15) is 4.79 Å². The first-order valence-electron chi connectivity index (χ1n) is 6.36. The molecule has 1 fully saturated rings. The van der Waals surface area contributed by atoms with Crippen LogP contribution in [0, 0.1) is 5.92 Å². The minimum absolute atomic E-state index is 0.0310. The van der Waals surface area contributed by atoms with Crippen molar-refractivity contribution in [2.75, 3.05) is 26.3 Å². The molecule has 1 aliphatic heterocycles. The summed E-state index contributed by atoms with van der Waals surface area (Å²) in [6, 6.07) is -0.181. The molecule has 0 saturated carbocycles. The Morgan fingerprint density at radius 2 is 2.12 bits per heavy atom. The van der Waals surface area contributed by atoms with E-state index >= 15 is 0 Å². The molecule has 0 aromatic carbocycles. The van der Waals surface area contributed by atoms with Crippen molar-refractivity contribution in [2.24, 2.45) is 5.92 Å². The summed E-state index contributed by atoms with van der Waals surface area (Å²) in [5, 5.41) is 15.1. The van der Waals surface area contributed by atoms with E-state index in [2.05, 4.69) is 10.6 Å². The molecule has 1 amide bonds. The van der Waals surface area contributed by atoms with Crippen LogP contribution in [0.1, 0.15) is 26.7 Å². The fourth-order valence-electron chi connectivity index (χ4n) is 1.83. The molecule has 5 heteroatoms. The highest BCUT2D eigenvalue weighted by Gasteiger charge is 2.18. The van der Waals surface area contributed by atoms with E-state index in [4.69, 9.17) is 9.84 Å². The lowest BCUT2D eigenvalue weighted by Gasteiger charge is -2.24. The molecule has 100 valence electrons. The van der Waals surface area contributed by atoms with Gasteiger partial charge in [-0.15, -0.1) is 0 Å². The van der Waals surface area contributed by atoms with Gasteiger partial charge in [0.1, 0.15) is 6.61 Å². The first-order valence-corrected chi connectivity index (χ1v) is 6.36. The maximum atomic E-state index is 11.6. The second-order valence-electron chi connectivity index (χ2n) is 4.86. The Balaban J connectivity index is 2.19. The van der Waals surface area contributed by atoms with Gasteiger partial charge in [-0.3, -0.25) is 4.79 Å². The number of carbonyl (C=O) groups is 1. The number of ether oxygens (including phenoxy) is 1. The van der Waals surface area contributed by atoms with Crippen LogP contribution in [0.15, 0.2) is 0 Å². The third-order valence-electron chi connectivity index (χ3n) is 3.08. The third kappa shape index (κ3) is 5.48. The molecule has 3 N–H and O–H groups in total. The average Bonchev–Trinajstić information content (AvgIpc) is 2.34. The Labute approximate surface area is 103 Å². The maximum Gasteiger partial charge on any atom is 0.246 e. The van der Waals surface area contributed by atoms with Crippen molar-refractivity contribution >= 4 is 5.91 Å². The lowest BCUT2D eigenvalue weighted by Crippen LogP contribution is -2.43. The van der Waals surface area contributed by atoms with Gasteiger partial charge in [0.25, 0.3) is 0 Å². The number of nitrogens with one attached hydrogen (secondary N) is 2. The van der Waals surface area contributed by atoms with Crippen LogP contribution >= 0.6 is 0 Å². The van der Waals surface area contributed by atoms with E-state index in [0.29, 0.717) is 0 Å². The van der Waals surface area contributed by atoms with E-state index in [1.54, 1.807) is 0 Å². The van der Waals surface area contributed by atoms with Gasteiger partial charge in [-0.1, -0.05) is 13.8 Å². The average molecular weight is 244 g/mol. The standard InChI is InChI=1S/C12H24N2O3/c1-9(2)11(7-15)14-12(16)8-17-10-3-5-13-6-4-10/h9-11,13,15H,3-8H2,1-2H3,(H,14,16)/t11-/m1/s1. The summed E-state index contributed by atoms with van der Waals surface area (Å²) < 4.78 is 5.54. The van der Waals surface area contributed by atoms with Gasteiger partial charge in [0.15, 0.2) is 0 Å². The molecule has 0 aromatic heterocycles. The van der Waals surface area contributed by atoms with E-state index < -0.39 is 0 Å². The Morgan fingerprint density at radius 3 is 2.65 bits per heavy atom. The summed E-state index contributed by atoms with van der Waals surface area (Å²) in [6.07, 6.45) is 2.11. The highest BCUT2D eigenvalue weighted by atomic mass is 16.5. The molecule has 1 heterocycles. The fraction of sp³-hybridized carbons (Fsp3) is 0.917. The summed E-state index contributed by atoms with van der Waals surface area (Å²) in [4.78, 5) is 11.6. The molecule has 0 aromatic rings. The molecule has 0 radical (unpaired) electrons. The van der Waals surface area contributed by atoms with Crippen molar-refractivity contribution in [2.45, 2.75) is 38.8 Å². The van der Waals surface area contributed by atoms with Crippen molar-refractivity contribution in [1.82, 2.24) is 10.6 Å². The Bertz CT molecular complexity index is 228. The predicted octanol–water partition coefficient (Wildman–Crippen LogP) is -0.112. The van der Waals surface area contributed by atoms with Crippen molar-refractivity contribution in [1.29, 1.82) is 0 Å². The molecule has 0 bridgehead atoms. The lowest BCUT2D eigenvalue weighted by atomic mass is 10.1. The number of piperidine rings is 1. The van der Waals surface area contributed by atoms with Gasteiger partial charge < -0.3 is 20.5 Å². The van der Waals surface area contributed by atoms with Gasteiger partial charge in [0.05, 0.1) is 18.8 Å². The zero-order valence-electron chi connectivity index (χ0n) is 10.7. The number of aliphatic hydroxyl groups is 1. The lowest BCUT2D eigenvalue weighted by molar-refractivity contribution is -0.129. The largest absolute Gasteiger partial charge is 0.394 e. The minimum atomic E-state index is -0.181. The smallest absolute Gasteiger partial charge is 0.246 e. The first-order chi connectivity index (χ1) is 8.13. The van der Waals surface area contributed by atoms with Gasteiger partial charge >= 0.3 is 0 Å². The molecule has 0 spiro atoms. The van der Waals surface area contributed by atoms with Crippen molar-refractivity contribution in [3.63, 3.8) is 0 Å². The van der Waals surface area contributed by atoms with Crippen LogP contribution in [0.3, 0.4) is 0 Å². The van der Waals surface area contributed by atoms with E-state index in [-0.39, 0.29) is 37.2 Å². The van der Waals surface area contributed by atoms with Gasteiger partial charge in [-0.25, -0.2) is 0 Å². The van der Waals surface area contributed by atoms with Crippen LogP contribution < -0.4 is 10.6 Å². The number of hydrogen-bond donors (Lipinski definition) is 3. The van der Waals surface area contributed by atoms with Crippen molar-refractivity contribution in [3.8, 4) is 0 Å². The van der Waals surface area contributed by atoms with Crippen LogP contribution in [-0.4, -0.2) is 49.5 Å². The Morgan fingerprint density at radius 1 is 1.47 bits per heavy atom. The molecule has 1 aliphatic rings. The van der Waals surface area contributed by atoms with E-state index in [1.165, 1.54) is 0 Å². The quantitative estimate of drug-likeness (QED) is 0.609. The molecule has 0 aliphatic carbocycles. The topological polar surface area (TPSA) is 70.6 Å². The molecular weight excluding hydrogens is 220 g/mol. The third-order valence-corrected chi connectivity index (χ3v) is 3.08. The second-order valence-corrected chi connectivity index (χ2v) is 4.86. The van der Waals surface area contributed by atoms with Crippen LogP contribution in [0.25, 0.3) is 0 Å². The molecule has 0 unspecified atom stereocenters. The van der Waals surface area contributed by atoms with Gasteiger partial charge in [0, 0.05) is 0 Å². The maximum absolute atomic E-state index is 11.6. The molecule has 5 nitrogen and oxygen atoms in total. The molecule has 1 rings (SSSR count). The second kappa shape index (κ2) is 7.63. The zero-order chi connectivity index (χ0) is 12.7. The number of hydrogen-bond acceptors (Lipinski definition) is 4. The first kappa shape index (κ1) is 14.4. The number of rotatable bonds is 6. The predicted molar refractivity (Wildman–Crippen MR) is 65.7 cm³/mol. The van der Waals surface area contributed by atoms with Crippen LogP contribution in [0.5, 0.6) is 0 Å². The SMILES string of the molecule is CC(C)[C@@H](CO)NC(=O)COC1CCNCC1. The van der Waals surface area contributed by atoms with Crippen molar-refractivity contribution < 1.29 is 14.6 Å². The summed E-state index contributed by atoms with van der Waals surface area (Å²) >= 11 is 0. The molecule has 1 atom stereocenters. The fourth-order valence-corrected chi connectivity index (χ4v) is 1.83. The van der Waals surface area contributed by atoms with Crippen LogP contribution in [0.4, 0.5) is 0 Å². The van der Waals surface area contributed by atoms with Crippen LogP contribution in [0.2, 0.25) is 0 Å². The number of carbonyl (C=O) groups excluding carboxylic acids is 1. The van der Waals surface area contributed by atoms with Gasteiger partial charge in [-0.2, -0.15) is 0 Å². The molecular formula is C12H24N2O3. The number of aliphatic hydroxyl groups excluding tert-OH is 1. The van der Waals surface area contributed by atoms with E-state index in [1.807, 2.05) is 13.8 Å². The van der Waals surface area contributed by atoms with Crippen molar-refractivity contribution in [3.05, 3.63) is 0 Å². The number of amides is 1. The summed E-state index contributed by atoms with van der Waals surface area (Å²) in [5.41, 5.74) is 0. The Hall–Kier alpha value is -0.650. The Kier molecular flexibility index (Phi) is 6.47. The summed E-state index contributed by atoms with van der Waals surface area (Å²) in [6.45, 7) is 5.91.